The predicted molar refractivity (Wildman–Crippen MR) is 67.5 cm³/mol. The lowest BCUT2D eigenvalue weighted by Gasteiger charge is -2.40. The summed E-state index contributed by atoms with van der Waals surface area (Å²) in [6.07, 6.45) is 1.99. The van der Waals surface area contributed by atoms with Crippen molar-refractivity contribution in [3.05, 3.63) is 30.5 Å². The van der Waals surface area contributed by atoms with E-state index in [1.165, 1.54) is 0 Å². The Morgan fingerprint density at radius 3 is 2.94 bits per heavy atom. The molecule has 0 radical (unpaired) electrons. The maximum absolute atomic E-state index is 10.6. The van der Waals surface area contributed by atoms with Gasteiger partial charge in [-0.25, -0.2) is 0 Å². The molecule has 5 heteroatoms. The third-order valence-electron chi connectivity index (χ3n) is 3.29. The van der Waals surface area contributed by atoms with Gasteiger partial charge in [0.2, 0.25) is 0 Å². The van der Waals surface area contributed by atoms with E-state index in [1.807, 2.05) is 24.3 Å². The Bertz CT molecular complexity index is 588. The third-order valence-corrected chi connectivity index (χ3v) is 3.29. The van der Waals surface area contributed by atoms with Crippen molar-refractivity contribution in [2.45, 2.75) is 6.42 Å². The normalized spacial score (nSPS) is 15.7. The van der Waals surface area contributed by atoms with E-state index in [-0.39, 0.29) is 12.3 Å². The molecule has 92 valence electrons. The van der Waals surface area contributed by atoms with E-state index in [2.05, 4.69) is 15.1 Å². The fourth-order valence-electron chi connectivity index (χ4n) is 2.39. The number of aliphatic carboxylic acids is 1. The number of carboxylic acid groups (broad SMARTS) is 1. The van der Waals surface area contributed by atoms with Gasteiger partial charge >= 0.3 is 5.97 Å². The molecule has 1 aromatic carbocycles. The van der Waals surface area contributed by atoms with Gasteiger partial charge in [0.05, 0.1) is 23.8 Å². The van der Waals surface area contributed by atoms with Crippen LogP contribution in [-0.2, 0) is 4.79 Å². The van der Waals surface area contributed by atoms with Gasteiger partial charge in [-0.05, 0) is 6.07 Å². The third kappa shape index (κ3) is 1.88. The van der Waals surface area contributed by atoms with Gasteiger partial charge in [0.1, 0.15) is 0 Å². The summed E-state index contributed by atoms with van der Waals surface area (Å²) in [7, 11) is 0. The molecule has 0 bridgehead atoms. The summed E-state index contributed by atoms with van der Waals surface area (Å²) in [5.74, 6) is -0.480. The molecule has 1 N–H and O–H groups in total. The fraction of sp³-hybridized carbons (Fsp3) is 0.308. The maximum Gasteiger partial charge on any atom is 0.303 e. The second kappa shape index (κ2) is 4.25. The van der Waals surface area contributed by atoms with Crippen LogP contribution in [0.4, 0.5) is 5.69 Å². The molecule has 0 atom stereocenters. The quantitative estimate of drug-likeness (QED) is 0.885. The number of aromatic nitrogens is 2. The molecule has 5 nitrogen and oxygen atoms in total. The highest BCUT2D eigenvalue weighted by Gasteiger charge is 2.29. The number of hydrogen-bond acceptors (Lipinski definition) is 4. The molecule has 0 amide bonds. The molecule has 18 heavy (non-hydrogen) atoms. The first-order valence-corrected chi connectivity index (χ1v) is 5.91. The smallest absolute Gasteiger partial charge is 0.303 e. The number of anilines is 1. The molecule has 0 spiro atoms. The van der Waals surface area contributed by atoms with Gasteiger partial charge in [-0.3, -0.25) is 4.79 Å². The van der Waals surface area contributed by atoms with Crippen LogP contribution in [0.1, 0.15) is 6.42 Å². The minimum absolute atomic E-state index is 0.243. The Balaban J connectivity index is 1.82. The maximum atomic E-state index is 10.6. The average molecular weight is 243 g/mol. The van der Waals surface area contributed by atoms with Crippen LogP contribution >= 0.6 is 0 Å². The van der Waals surface area contributed by atoms with Crippen molar-refractivity contribution in [1.82, 2.24) is 10.2 Å². The lowest BCUT2D eigenvalue weighted by atomic mass is 9.95. The number of benzene rings is 1. The molecule has 2 heterocycles. The van der Waals surface area contributed by atoms with E-state index in [0.717, 1.165) is 29.7 Å². The van der Waals surface area contributed by atoms with Crippen molar-refractivity contribution < 1.29 is 9.90 Å². The average Bonchev–Trinajstić information content (AvgIpc) is 2.32. The summed E-state index contributed by atoms with van der Waals surface area (Å²) in [4.78, 5) is 12.8. The van der Waals surface area contributed by atoms with Crippen molar-refractivity contribution >= 4 is 22.6 Å². The van der Waals surface area contributed by atoms with Gasteiger partial charge in [0, 0.05) is 24.4 Å². The van der Waals surface area contributed by atoms with E-state index in [9.17, 15) is 4.79 Å². The molecule has 1 aliphatic heterocycles. The van der Waals surface area contributed by atoms with Gasteiger partial charge in [0.25, 0.3) is 0 Å². The Morgan fingerprint density at radius 2 is 2.17 bits per heavy atom. The Labute approximate surface area is 104 Å². The van der Waals surface area contributed by atoms with Crippen LogP contribution in [0.25, 0.3) is 10.9 Å². The first-order valence-electron chi connectivity index (χ1n) is 5.91. The predicted octanol–water partition coefficient (Wildman–Crippen LogP) is 1.54. The van der Waals surface area contributed by atoms with Crippen LogP contribution in [0, 0.1) is 5.92 Å². The largest absolute Gasteiger partial charge is 0.481 e. The van der Waals surface area contributed by atoms with Crippen LogP contribution in [0.2, 0.25) is 0 Å². The zero-order valence-electron chi connectivity index (χ0n) is 9.78. The molecular formula is C13H13N3O2. The summed E-state index contributed by atoms with van der Waals surface area (Å²) in [5, 5.41) is 17.9. The molecule has 2 aromatic rings. The molecule has 1 aliphatic rings. The van der Waals surface area contributed by atoms with Crippen LogP contribution in [0.5, 0.6) is 0 Å². The number of fused-ring (bicyclic) bond motifs is 1. The van der Waals surface area contributed by atoms with Crippen molar-refractivity contribution in [2.75, 3.05) is 18.0 Å². The summed E-state index contributed by atoms with van der Waals surface area (Å²) in [6.45, 7) is 1.56. The second-order valence-corrected chi connectivity index (χ2v) is 4.62. The van der Waals surface area contributed by atoms with E-state index in [1.54, 1.807) is 6.20 Å². The number of rotatable bonds is 3. The zero-order valence-corrected chi connectivity index (χ0v) is 9.78. The Kier molecular flexibility index (Phi) is 2.59. The van der Waals surface area contributed by atoms with Gasteiger partial charge in [-0.2, -0.15) is 10.2 Å². The van der Waals surface area contributed by atoms with E-state index < -0.39 is 5.97 Å². The van der Waals surface area contributed by atoms with Crippen LogP contribution in [0.15, 0.2) is 30.5 Å². The molecule has 1 fully saturated rings. The first-order chi connectivity index (χ1) is 8.74. The van der Waals surface area contributed by atoms with Crippen molar-refractivity contribution in [2.24, 2.45) is 5.92 Å². The minimum atomic E-state index is -0.725. The topological polar surface area (TPSA) is 66.3 Å². The highest BCUT2D eigenvalue weighted by molar-refractivity contribution is 5.91. The number of carboxylic acids is 1. The highest BCUT2D eigenvalue weighted by Crippen LogP contribution is 2.30. The fourth-order valence-corrected chi connectivity index (χ4v) is 2.39. The number of carbonyl (C=O) groups is 1. The number of hydrogen-bond donors (Lipinski definition) is 1. The lowest BCUT2D eigenvalue weighted by Crippen LogP contribution is -2.47. The standard InChI is InChI=1S/C13H13N3O2/c17-13(18)5-9-7-16(8-9)12-6-14-15-11-4-2-1-3-10(11)12/h1-4,6,9H,5,7-8H2,(H,17,18). The van der Waals surface area contributed by atoms with Gasteiger partial charge < -0.3 is 10.0 Å². The van der Waals surface area contributed by atoms with E-state index >= 15 is 0 Å². The van der Waals surface area contributed by atoms with Crippen molar-refractivity contribution in [3.8, 4) is 0 Å². The van der Waals surface area contributed by atoms with Gasteiger partial charge in [-0.1, -0.05) is 18.2 Å². The first kappa shape index (κ1) is 11.0. The molecular weight excluding hydrogens is 230 g/mol. The minimum Gasteiger partial charge on any atom is -0.481 e. The summed E-state index contributed by atoms with van der Waals surface area (Å²) >= 11 is 0. The molecule has 1 saturated heterocycles. The molecule has 0 aliphatic carbocycles. The monoisotopic (exact) mass is 243 g/mol. The molecule has 0 unspecified atom stereocenters. The lowest BCUT2D eigenvalue weighted by molar-refractivity contribution is -0.138. The SMILES string of the molecule is O=C(O)CC1CN(c2cnnc3ccccc23)C1. The van der Waals surface area contributed by atoms with Gasteiger partial charge in [0.15, 0.2) is 0 Å². The van der Waals surface area contributed by atoms with Crippen molar-refractivity contribution in [1.29, 1.82) is 0 Å². The van der Waals surface area contributed by atoms with Gasteiger partial charge in [-0.15, -0.1) is 0 Å². The van der Waals surface area contributed by atoms with Crippen LogP contribution in [0.3, 0.4) is 0 Å². The Hall–Kier alpha value is -2.17. The Morgan fingerprint density at radius 1 is 1.39 bits per heavy atom. The zero-order chi connectivity index (χ0) is 12.5. The number of nitrogens with zero attached hydrogens (tertiary/aromatic N) is 3. The highest BCUT2D eigenvalue weighted by atomic mass is 16.4. The van der Waals surface area contributed by atoms with Crippen LogP contribution in [-0.4, -0.2) is 34.4 Å². The van der Waals surface area contributed by atoms with E-state index in [4.69, 9.17) is 5.11 Å². The van der Waals surface area contributed by atoms with E-state index in [0.29, 0.717) is 0 Å². The summed E-state index contributed by atoms with van der Waals surface area (Å²) in [6, 6.07) is 7.86. The van der Waals surface area contributed by atoms with Crippen molar-refractivity contribution in [3.63, 3.8) is 0 Å². The second-order valence-electron chi connectivity index (χ2n) is 4.62. The molecule has 1 aromatic heterocycles. The molecule has 3 rings (SSSR count). The van der Waals surface area contributed by atoms with Crippen LogP contribution < -0.4 is 4.90 Å². The summed E-state index contributed by atoms with van der Waals surface area (Å²) in [5.41, 5.74) is 1.92. The molecule has 0 saturated carbocycles. The summed E-state index contributed by atoms with van der Waals surface area (Å²) < 4.78 is 0.